The van der Waals surface area contributed by atoms with Crippen LogP contribution in [0.3, 0.4) is 0 Å². The first-order valence-corrected chi connectivity index (χ1v) is 5.94. The summed E-state index contributed by atoms with van der Waals surface area (Å²) in [4.78, 5) is 15.6. The molecule has 2 heterocycles. The molecule has 1 N–H and O–H groups in total. The van der Waals surface area contributed by atoms with Crippen LogP contribution in [0.2, 0.25) is 0 Å². The number of carbonyl (C=O) groups is 1. The minimum absolute atomic E-state index is 0.108. The summed E-state index contributed by atoms with van der Waals surface area (Å²) in [5.74, 6) is -0.108. The zero-order valence-electron chi connectivity index (χ0n) is 7.61. The van der Waals surface area contributed by atoms with Gasteiger partial charge in [-0.1, -0.05) is 0 Å². The van der Waals surface area contributed by atoms with Crippen molar-refractivity contribution in [2.24, 2.45) is 0 Å². The van der Waals surface area contributed by atoms with Crippen molar-refractivity contribution in [1.29, 1.82) is 0 Å². The van der Waals surface area contributed by atoms with Crippen molar-refractivity contribution >= 4 is 38.9 Å². The summed E-state index contributed by atoms with van der Waals surface area (Å²) in [5.41, 5.74) is 1.39. The van der Waals surface area contributed by atoms with Gasteiger partial charge in [0, 0.05) is 17.8 Å². The number of halogens is 1. The van der Waals surface area contributed by atoms with Crippen molar-refractivity contribution < 1.29 is 4.79 Å². The summed E-state index contributed by atoms with van der Waals surface area (Å²) in [6.45, 7) is 0. The molecule has 0 saturated heterocycles. The predicted molar refractivity (Wildman–Crippen MR) is 64.2 cm³/mol. The first-order valence-electron chi connectivity index (χ1n) is 4.20. The van der Waals surface area contributed by atoms with Crippen LogP contribution >= 0.6 is 27.3 Å². The van der Waals surface area contributed by atoms with Gasteiger partial charge in [-0.05, 0) is 33.4 Å². The molecule has 2 aromatic heterocycles. The number of carbonyl (C=O) groups excluding carboxylic acids is 1. The van der Waals surface area contributed by atoms with Gasteiger partial charge in [0.15, 0.2) is 0 Å². The number of nitrogens with zero attached hydrogens (tertiary/aromatic N) is 1. The molecule has 0 aliphatic rings. The number of hydrogen-bond acceptors (Lipinski definition) is 3. The third-order valence-electron chi connectivity index (χ3n) is 1.80. The molecule has 0 spiro atoms. The van der Waals surface area contributed by atoms with Crippen LogP contribution in [-0.4, -0.2) is 10.9 Å². The molecular formula is C10H7BrN2OS. The summed E-state index contributed by atoms with van der Waals surface area (Å²) in [6.07, 6.45) is 3.28. The summed E-state index contributed by atoms with van der Waals surface area (Å²) >= 11 is 4.81. The van der Waals surface area contributed by atoms with E-state index in [1.54, 1.807) is 24.5 Å². The van der Waals surface area contributed by atoms with E-state index in [1.807, 2.05) is 10.8 Å². The summed E-state index contributed by atoms with van der Waals surface area (Å²) in [6, 6.07) is 3.53. The normalized spacial score (nSPS) is 9.93. The maximum atomic E-state index is 11.7. The van der Waals surface area contributed by atoms with Crippen molar-refractivity contribution in [3.05, 3.63) is 45.3 Å². The molecule has 0 atom stereocenters. The van der Waals surface area contributed by atoms with Gasteiger partial charge in [-0.15, -0.1) is 0 Å². The molecule has 0 radical (unpaired) electrons. The van der Waals surface area contributed by atoms with E-state index in [-0.39, 0.29) is 5.91 Å². The maximum Gasteiger partial charge on any atom is 0.256 e. The van der Waals surface area contributed by atoms with Crippen molar-refractivity contribution in [2.45, 2.75) is 0 Å². The summed E-state index contributed by atoms with van der Waals surface area (Å²) in [7, 11) is 0. The van der Waals surface area contributed by atoms with Gasteiger partial charge >= 0.3 is 0 Å². The second-order valence-electron chi connectivity index (χ2n) is 2.82. The molecule has 2 aromatic rings. The number of pyridine rings is 1. The Labute approximate surface area is 99.3 Å². The molecular weight excluding hydrogens is 276 g/mol. The van der Waals surface area contributed by atoms with E-state index >= 15 is 0 Å². The molecule has 2 rings (SSSR count). The Kier molecular flexibility index (Phi) is 3.13. The largest absolute Gasteiger partial charge is 0.321 e. The number of thiophene rings is 1. The van der Waals surface area contributed by atoms with Crippen molar-refractivity contribution in [3.63, 3.8) is 0 Å². The molecule has 0 aliphatic heterocycles. The van der Waals surface area contributed by atoms with Crippen LogP contribution in [0, 0.1) is 0 Å². The van der Waals surface area contributed by atoms with Crippen molar-refractivity contribution in [1.82, 2.24) is 4.98 Å². The molecule has 1 amide bonds. The van der Waals surface area contributed by atoms with Gasteiger partial charge in [0.25, 0.3) is 5.91 Å². The maximum absolute atomic E-state index is 11.7. The Morgan fingerprint density at radius 2 is 2.33 bits per heavy atom. The van der Waals surface area contributed by atoms with E-state index in [2.05, 4.69) is 26.2 Å². The number of amides is 1. The third-order valence-corrected chi connectivity index (χ3v) is 3.12. The molecule has 0 aromatic carbocycles. The van der Waals surface area contributed by atoms with Gasteiger partial charge in [-0.2, -0.15) is 11.3 Å². The Balaban J connectivity index is 2.17. The lowest BCUT2D eigenvalue weighted by atomic mass is 10.3. The minimum Gasteiger partial charge on any atom is -0.321 e. The highest BCUT2D eigenvalue weighted by atomic mass is 79.9. The van der Waals surface area contributed by atoms with Gasteiger partial charge in [-0.3, -0.25) is 9.78 Å². The topological polar surface area (TPSA) is 42.0 Å². The average molecular weight is 283 g/mol. The zero-order valence-corrected chi connectivity index (χ0v) is 10.0. The molecule has 0 unspecified atom stereocenters. The molecule has 76 valence electrons. The lowest BCUT2D eigenvalue weighted by molar-refractivity contribution is 0.102. The fourth-order valence-electron chi connectivity index (χ4n) is 1.06. The van der Waals surface area contributed by atoms with Crippen LogP contribution in [0.1, 0.15) is 10.4 Å². The fourth-order valence-corrected chi connectivity index (χ4v) is 2.05. The predicted octanol–water partition coefficient (Wildman–Crippen LogP) is 3.16. The zero-order chi connectivity index (χ0) is 10.7. The SMILES string of the molecule is O=C(Nc1ccncc1Br)c1ccsc1. The van der Waals surface area contributed by atoms with E-state index in [0.717, 1.165) is 10.2 Å². The van der Waals surface area contributed by atoms with E-state index in [9.17, 15) is 4.79 Å². The van der Waals surface area contributed by atoms with E-state index in [1.165, 1.54) is 11.3 Å². The third kappa shape index (κ3) is 2.43. The summed E-state index contributed by atoms with van der Waals surface area (Å²) < 4.78 is 0.772. The second-order valence-corrected chi connectivity index (χ2v) is 4.46. The van der Waals surface area contributed by atoms with Crippen LogP contribution in [0.25, 0.3) is 0 Å². The van der Waals surface area contributed by atoms with Crippen LogP contribution in [0.5, 0.6) is 0 Å². The Morgan fingerprint density at radius 1 is 1.47 bits per heavy atom. The highest BCUT2D eigenvalue weighted by molar-refractivity contribution is 9.10. The lowest BCUT2D eigenvalue weighted by Crippen LogP contribution is -2.11. The standard InChI is InChI=1S/C10H7BrN2OS/c11-8-5-12-3-1-9(8)13-10(14)7-2-4-15-6-7/h1-6H,(H,12,13,14). The first kappa shape index (κ1) is 10.3. The smallest absolute Gasteiger partial charge is 0.256 e. The molecule has 5 heteroatoms. The first-order chi connectivity index (χ1) is 7.27. The van der Waals surface area contributed by atoms with Crippen molar-refractivity contribution in [3.8, 4) is 0 Å². The van der Waals surface area contributed by atoms with Crippen LogP contribution < -0.4 is 5.32 Å². The van der Waals surface area contributed by atoms with Gasteiger partial charge in [0.05, 0.1) is 15.7 Å². The van der Waals surface area contributed by atoms with E-state index < -0.39 is 0 Å². The number of hydrogen-bond donors (Lipinski definition) is 1. The number of rotatable bonds is 2. The summed E-state index contributed by atoms with van der Waals surface area (Å²) in [5, 5.41) is 6.47. The van der Waals surface area contributed by atoms with Crippen LogP contribution in [-0.2, 0) is 0 Å². The quantitative estimate of drug-likeness (QED) is 0.919. The number of nitrogens with one attached hydrogen (secondary N) is 1. The van der Waals surface area contributed by atoms with Gasteiger partial charge in [-0.25, -0.2) is 0 Å². The second kappa shape index (κ2) is 4.55. The Bertz CT molecular complexity index is 470. The van der Waals surface area contributed by atoms with Crippen LogP contribution in [0.15, 0.2) is 39.8 Å². The molecule has 0 aliphatic carbocycles. The van der Waals surface area contributed by atoms with Gasteiger partial charge < -0.3 is 5.32 Å². The molecule has 0 bridgehead atoms. The number of anilines is 1. The highest BCUT2D eigenvalue weighted by Gasteiger charge is 2.07. The Morgan fingerprint density at radius 3 is 3.00 bits per heavy atom. The number of aromatic nitrogens is 1. The van der Waals surface area contributed by atoms with E-state index in [4.69, 9.17) is 0 Å². The Hall–Kier alpha value is -1.20. The lowest BCUT2D eigenvalue weighted by Gasteiger charge is -2.04. The average Bonchev–Trinajstić information content (AvgIpc) is 2.74. The molecule has 0 fully saturated rings. The van der Waals surface area contributed by atoms with Crippen molar-refractivity contribution in [2.75, 3.05) is 5.32 Å². The monoisotopic (exact) mass is 282 g/mol. The van der Waals surface area contributed by atoms with E-state index in [0.29, 0.717) is 5.56 Å². The highest BCUT2D eigenvalue weighted by Crippen LogP contribution is 2.20. The fraction of sp³-hybridized carbons (Fsp3) is 0. The molecule has 15 heavy (non-hydrogen) atoms. The van der Waals surface area contributed by atoms with Gasteiger partial charge in [0.2, 0.25) is 0 Å². The van der Waals surface area contributed by atoms with Gasteiger partial charge in [0.1, 0.15) is 0 Å². The minimum atomic E-state index is -0.108. The van der Waals surface area contributed by atoms with Crippen LogP contribution in [0.4, 0.5) is 5.69 Å². The molecule has 3 nitrogen and oxygen atoms in total. The molecule has 0 saturated carbocycles.